The molecule has 0 spiro atoms. The van der Waals surface area contributed by atoms with Crippen LogP contribution in [0.4, 0.5) is 0 Å². The van der Waals surface area contributed by atoms with Crippen molar-refractivity contribution in [2.24, 2.45) is 21.1 Å². The number of fused-ring (bicyclic) bond motifs is 8. The molecule has 0 N–H and O–H groups in total. The Labute approximate surface area is 633 Å². The Morgan fingerprint density at radius 2 is 0.448 bits per heavy atom. The van der Waals surface area contributed by atoms with Gasteiger partial charge >= 0.3 is 0 Å². The van der Waals surface area contributed by atoms with E-state index in [-0.39, 0.29) is 48.0 Å². The maximum atomic E-state index is 10.8. The van der Waals surface area contributed by atoms with Crippen molar-refractivity contribution < 1.29 is 80.8 Å². The Bertz CT molecular complexity index is 4870. The summed E-state index contributed by atoms with van der Waals surface area (Å²) in [7, 11) is 6.08. The number of halogens is 6. The van der Waals surface area contributed by atoms with E-state index in [1.54, 1.807) is 24.3 Å². The Kier molecular flexibility index (Phi) is 27.7. The molecule has 0 bridgehead atoms. The normalized spacial score (nSPS) is 10.6. The number of nitrogens with zero attached hydrogens (tertiary/aromatic N) is 3. The van der Waals surface area contributed by atoms with Crippen LogP contribution in [0, 0.1) is 6.92 Å². The molecule has 15 rings (SSSR count). The molecule has 0 fully saturated rings. The van der Waals surface area contributed by atoms with E-state index in [2.05, 4.69) is 259 Å². The summed E-state index contributed by atoms with van der Waals surface area (Å²) >= 11 is 11.2. The highest BCUT2D eigenvalue weighted by Gasteiger charge is 2.06. The fourth-order valence-electron chi connectivity index (χ4n) is 10.8. The van der Waals surface area contributed by atoms with Crippen LogP contribution >= 0.6 is 69.1 Å². The van der Waals surface area contributed by atoms with Crippen molar-refractivity contribution in [2.75, 3.05) is 0 Å². The van der Waals surface area contributed by atoms with Gasteiger partial charge in [-0.1, -0.05) is 141 Å². The third-order valence-electron chi connectivity index (χ3n) is 15.9. The molecule has 0 saturated heterocycles. The Morgan fingerprint density at radius 3 is 0.688 bits per heavy atom. The van der Waals surface area contributed by atoms with E-state index in [1.165, 1.54) is 70.9 Å². The van der Waals surface area contributed by atoms with Gasteiger partial charge in [-0.15, -0.1) is 0 Å². The van der Waals surface area contributed by atoms with Crippen LogP contribution in [0.2, 0.25) is 0 Å². The molecule has 0 saturated carbocycles. The van der Waals surface area contributed by atoms with Crippen LogP contribution in [0.3, 0.4) is 0 Å². The number of benzene rings is 12. The lowest BCUT2D eigenvalue weighted by Gasteiger charge is -2.05. The van der Waals surface area contributed by atoms with E-state index in [1.807, 2.05) is 120 Å². The molecule has 7 nitrogen and oxygen atoms in total. The molecule has 13 heteroatoms. The maximum Gasteiger partial charge on any atom is 0.169 e. The standard InChI is InChI=1S/C30H26N2.2C16H10O2.C14H8Br2.C7H10N.I2.2HI/c1-31-15-11-23(12-16-31)3-5-25-7-9-27-22-30-20-26(8-10-28(30)21-29(27)19-25)6-4-24-13-17-32(2)18-14-24;2*17-9-11-1-3-13-7-16-6-12(10-18)2-4-14(16)8-15(13)5-11;15-13-3-1-9-5-12-8-14(16)4-2-10(12)6-11(9)7-13;1-7-3-5-8(2)6-4-7;1-2;;/h3-22H,1-2H3;2*1-10H;1-8H;3-6H,1-2H3;;2*1H/q+2;;;;+1;;;/p-2/b5-3+,6-4+;;;;;;;. The molecular weight excluding hydrogens is 1770 g/mol. The first-order valence-corrected chi connectivity index (χ1v) is 38.0. The maximum absolute atomic E-state index is 10.8. The predicted octanol–water partition coefficient (Wildman–Crippen LogP) is 15.3. The fourth-order valence-corrected chi connectivity index (χ4v) is 11.5. The number of rotatable bonds is 8. The fraction of sp³-hybridized carbons (Fsp3) is 0.0482. The van der Waals surface area contributed by atoms with Crippen molar-refractivity contribution in [1.29, 1.82) is 0 Å². The Hall–Kier alpha value is -7.79. The molecule has 12 aromatic carbocycles. The lowest BCUT2D eigenvalue weighted by molar-refractivity contribution is -0.671. The quantitative estimate of drug-likeness (QED) is 0.0657. The van der Waals surface area contributed by atoms with E-state index in [9.17, 15) is 19.2 Å². The molecule has 0 aliphatic rings. The van der Waals surface area contributed by atoms with E-state index >= 15 is 0 Å². The van der Waals surface area contributed by atoms with Gasteiger partial charge in [-0.3, -0.25) is 19.2 Å². The summed E-state index contributed by atoms with van der Waals surface area (Å²) in [5.74, 6) is 0. The summed E-state index contributed by atoms with van der Waals surface area (Å²) in [5.41, 5.74) is 8.82. The van der Waals surface area contributed by atoms with Gasteiger partial charge in [0.15, 0.2) is 37.2 Å². The Balaban J connectivity index is 0.000000160. The van der Waals surface area contributed by atoms with Crippen LogP contribution in [0.5, 0.6) is 0 Å². The average Bonchev–Trinajstić information content (AvgIpc) is 0.824. The van der Waals surface area contributed by atoms with Crippen molar-refractivity contribution in [3.8, 4) is 0 Å². The number of carbonyl (C=O) groups is 4. The van der Waals surface area contributed by atoms with E-state index in [0.29, 0.717) is 22.3 Å². The highest BCUT2D eigenvalue weighted by Crippen LogP contribution is 2.30. The number of aromatic nitrogens is 3. The minimum atomic E-state index is 0. The first-order valence-electron chi connectivity index (χ1n) is 30.1. The first-order chi connectivity index (χ1) is 45.7. The van der Waals surface area contributed by atoms with Gasteiger partial charge in [-0.05, 0) is 230 Å². The second-order valence-electron chi connectivity index (χ2n) is 22.8. The molecule has 0 atom stereocenters. The van der Waals surface area contributed by atoms with Gasteiger partial charge < -0.3 is 48.0 Å². The zero-order valence-corrected chi connectivity index (χ0v) is 64.6. The second-order valence-corrected chi connectivity index (χ2v) is 24.6. The molecule has 3 aromatic heterocycles. The third-order valence-corrected chi connectivity index (χ3v) is 16.9. The zero-order valence-electron chi connectivity index (χ0n) is 52.8. The summed E-state index contributed by atoms with van der Waals surface area (Å²) in [4.78, 5) is 43.0. The van der Waals surface area contributed by atoms with E-state index in [0.717, 1.165) is 77.2 Å². The van der Waals surface area contributed by atoms with Crippen molar-refractivity contribution in [3.05, 3.63) is 327 Å². The van der Waals surface area contributed by atoms with Gasteiger partial charge in [0.1, 0.15) is 46.3 Å². The SMILES string of the molecule is Brc1ccc2cc3cc(Br)ccc3cc2c1.C[n+]1ccc(/C=C/c2ccc3cc4cc(/C=C/c5cc[n+](C)cc5)ccc4cc3c2)cc1.Cc1cc[n+](C)cc1.II.O=Cc1ccc2cc3cc(C=O)ccc3cc2c1.O=Cc1ccc2cc3cc(C=O)ccc3cc2c1.[I-].[I-]. The minimum Gasteiger partial charge on any atom is -1.00 e. The van der Waals surface area contributed by atoms with Crippen molar-refractivity contribution in [3.63, 3.8) is 0 Å². The van der Waals surface area contributed by atoms with Gasteiger partial charge in [0, 0.05) is 105 Å². The minimum absolute atomic E-state index is 0. The molecule has 0 amide bonds. The molecular formula is C83H64Br2I4N3O4+. The summed E-state index contributed by atoms with van der Waals surface area (Å²) in [5, 5.41) is 18.5. The number of aldehydes is 4. The smallest absolute Gasteiger partial charge is 0.169 e. The monoisotopic (exact) mass is 1830 g/mol. The van der Waals surface area contributed by atoms with Crippen LogP contribution in [0.15, 0.2) is 277 Å². The van der Waals surface area contributed by atoms with Crippen molar-refractivity contribution in [2.45, 2.75) is 6.92 Å². The number of pyridine rings is 3. The van der Waals surface area contributed by atoms with Gasteiger partial charge in [0.2, 0.25) is 0 Å². The van der Waals surface area contributed by atoms with Crippen molar-refractivity contribution >= 4 is 205 Å². The summed E-state index contributed by atoms with van der Waals surface area (Å²) in [6.07, 6.45) is 24.4. The highest BCUT2D eigenvalue weighted by atomic mass is 128. The summed E-state index contributed by atoms with van der Waals surface area (Å²) in [6.45, 7) is 2.08. The molecule has 96 heavy (non-hydrogen) atoms. The topological polar surface area (TPSA) is 79.9 Å². The van der Waals surface area contributed by atoms with Crippen molar-refractivity contribution in [1.82, 2.24) is 0 Å². The van der Waals surface area contributed by atoms with Crippen LogP contribution < -0.4 is 61.7 Å². The predicted molar refractivity (Wildman–Crippen MR) is 416 cm³/mol. The Morgan fingerprint density at radius 1 is 0.250 bits per heavy atom. The third kappa shape index (κ3) is 20.2. The van der Waals surface area contributed by atoms with E-state index in [4.69, 9.17) is 0 Å². The van der Waals surface area contributed by atoms with Gasteiger partial charge in [0.25, 0.3) is 0 Å². The largest absolute Gasteiger partial charge is 1.00 e. The van der Waals surface area contributed by atoms with Gasteiger partial charge in [0.05, 0.1) is 0 Å². The zero-order chi connectivity index (χ0) is 66.1. The molecule has 476 valence electrons. The second kappa shape index (κ2) is 36.0. The molecule has 15 aromatic rings. The summed E-state index contributed by atoms with van der Waals surface area (Å²) < 4.78 is 8.35. The average molecular weight is 1830 g/mol. The lowest BCUT2D eigenvalue weighted by Crippen LogP contribution is -3.00. The molecule has 0 radical (unpaired) electrons. The van der Waals surface area contributed by atoms with Crippen LogP contribution in [-0.4, -0.2) is 25.1 Å². The molecule has 0 aliphatic heterocycles. The van der Waals surface area contributed by atoms with E-state index < -0.39 is 0 Å². The number of carbonyl (C=O) groups excluding carboxylic acids is 4. The number of aryl methyl sites for hydroxylation is 4. The first kappa shape index (κ1) is 74.0. The number of hydrogen-bond donors (Lipinski definition) is 0. The van der Waals surface area contributed by atoms with Crippen LogP contribution in [0.1, 0.15) is 69.2 Å². The molecule has 0 unspecified atom stereocenters. The molecule has 3 heterocycles. The van der Waals surface area contributed by atoms with Crippen LogP contribution in [-0.2, 0) is 21.1 Å². The lowest BCUT2D eigenvalue weighted by atomic mass is 9.99. The van der Waals surface area contributed by atoms with Gasteiger partial charge in [-0.25, -0.2) is 13.7 Å². The number of hydrogen-bond acceptors (Lipinski definition) is 4. The van der Waals surface area contributed by atoms with Crippen LogP contribution in [0.25, 0.3) is 110 Å². The highest BCUT2D eigenvalue weighted by molar-refractivity contribution is 15.0. The van der Waals surface area contributed by atoms with Gasteiger partial charge in [-0.2, -0.15) is 0 Å². The molecule has 0 aliphatic carbocycles. The summed E-state index contributed by atoms with van der Waals surface area (Å²) in [6, 6.07) is 78.2.